The number of amides is 3. The van der Waals surface area contributed by atoms with Crippen LogP contribution in [0, 0.1) is 11.8 Å². The molecule has 2 heterocycles. The molecule has 1 aliphatic carbocycles. The zero-order valence-corrected chi connectivity index (χ0v) is 18.3. The number of nitrogens with one attached hydrogen (secondary N) is 1. The summed E-state index contributed by atoms with van der Waals surface area (Å²) in [5, 5.41) is 2.93. The zero-order chi connectivity index (χ0) is 21.8. The van der Waals surface area contributed by atoms with Crippen LogP contribution in [0.5, 0.6) is 0 Å². The van der Waals surface area contributed by atoms with Crippen LogP contribution in [0.4, 0.5) is 0 Å². The average Bonchev–Trinajstić information content (AvgIpc) is 3.01. The number of imide groups is 1. The SMILES string of the molecule is CC1CN(Cc2cccc(CNC(=O)CCN3C(=O)C4CCCCC4C3=O)c2)CCO1. The number of benzene rings is 1. The third-order valence-electron chi connectivity index (χ3n) is 6.71. The van der Waals surface area contributed by atoms with Crippen molar-refractivity contribution >= 4 is 17.7 Å². The number of hydrogen-bond donors (Lipinski definition) is 1. The first-order valence-corrected chi connectivity index (χ1v) is 11.5. The van der Waals surface area contributed by atoms with Crippen molar-refractivity contribution in [3.8, 4) is 0 Å². The van der Waals surface area contributed by atoms with Gasteiger partial charge in [-0.05, 0) is 30.9 Å². The van der Waals surface area contributed by atoms with Gasteiger partial charge in [0.15, 0.2) is 0 Å². The Balaban J connectivity index is 1.24. The summed E-state index contributed by atoms with van der Waals surface area (Å²) in [5.41, 5.74) is 2.27. The number of morpholine rings is 1. The minimum absolute atomic E-state index is 0.0763. The van der Waals surface area contributed by atoms with Crippen LogP contribution in [0.2, 0.25) is 0 Å². The van der Waals surface area contributed by atoms with Crippen LogP contribution in [-0.4, -0.2) is 59.9 Å². The molecule has 3 aliphatic rings. The molecule has 1 N–H and O–H groups in total. The summed E-state index contributed by atoms with van der Waals surface area (Å²) in [4.78, 5) is 41.1. The Morgan fingerprint density at radius 3 is 2.55 bits per heavy atom. The summed E-state index contributed by atoms with van der Waals surface area (Å²) in [7, 11) is 0. The minimum atomic E-state index is -0.151. The third kappa shape index (κ3) is 5.33. The molecular weight excluding hydrogens is 394 g/mol. The van der Waals surface area contributed by atoms with E-state index in [1.54, 1.807) is 0 Å². The summed E-state index contributed by atoms with van der Waals surface area (Å²) in [6.07, 6.45) is 4.04. The fraction of sp³-hybridized carbons (Fsp3) is 0.625. The molecule has 3 unspecified atom stereocenters. The molecule has 4 rings (SSSR count). The Labute approximate surface area is 184 Å². The van der Waals surface area contributed by atoms with E-state index in [1.807, 2.05) is 12.1 Å². The smallest absolute Gasteiger partial charge is 0.233 e. The standard InChI is InChI=1S/C24H33N3O4/c1-17-15-26(11-12-31-17)16-19-6-4-5-18(13-19)14-25-22(28)9-10-27-23(29)20-7-2-3-8-21(20)24(27)30/h4-6,13,17,20-21H,2-3,7-12,14-16H2,1H3,(H,25,28). The zero-order valence-electron chi connectivity index (χ0n) is 18.3. The van der Waals surface area contributed by atoms with Crippen molar-refractivity contribution in [2.24, 2.45) is 11.8 Å². The maximum absolute atomic E-state index is 12.5. The fourth-order valence-electron chi connectivity index (χ4n) is 5.08. The van der Waals surface area contributed by atoms with Gasteiger partial charge in [-0.1, -0.05) is 37.1 Å². The van der Waals surface area contributed by atoms with Crippen LogP contribution in [0.3, 0.4) is 0 Å². The van der Waals surface area contributed by atoms with E-state index in [0.717, 1.165) is 57.5 Å². The first-order valence-electron chi connectivity index (χ1n) is 11.5. The topological polar surface area (TPSA) is 79.0 Å². The second-order valence-corrected chi connectivity index (χ2v) is 9.09. The van der Waals surface area contributed by atoms with E-state index in [2.05, 4.69) is 29.3 Å². The van der Waals surface area contributed by atoms with Crippen LogP contribution < -0.4 is 5.32 Å². The third-order valence-corrected chi connectivity index (χ3v) is 6.71. The number of nitrogens with zero attached hydrogens (tertiary/aromatic N) is 2. The van der Waals surface area contributed by atoms with Gasteiger partial charge < -0.3 is 10.1 Å². The van der Waals surface area contributed by atoms with Crippen molar-refractivity contribution in [2.75, 3.05) is 26.2 Å². The molecule has 0 bridgehead atoms. The largest absolute Gasteiger partial charge is 0.376 e. The van der Waals surface area contributed by atoms with Crippen molar-refractivity contribution in [3.05, 3.63) is 35.4 Å². The van der Waals surface area contributed by atoms with Gasteiger partial charge in [-0.15, -0.1) is 0 Å². The van der Waals surface area contributed by atoms with Gasteiger partial charge in [0, 0.05) is 39.1 Å². The number of fused-ring (bicyclic) bond motifs is 1. The summed E-state index contributed by atoms with van der Waals surface area (Å²) >= 11 is 0. The summed E-state index contributed by atoms with van der Waals surface area (Å²) in [6, 6.07) is 8.25. The van der Waals surface area contributed by atoms with Gasteiger partial charge in [-0.2, -0.15) is 0 Å². The van der Waals surface area contributed by atoms with Gasteiger partial charge in [0.05, 0.1) is 24.5 Å². The monoisotopic (exact) mass is 427 g/mol. The van der Waals surface area contributed by atoms with Gasteiger partial charge >= 0.3 is 0 Å². The molecule has 0 spiro atoms. The lowest BCUT2D eigenvalue weighted by atomic mass is 9.81. The number of hydrogen-bond acceptors (Lipinski definition) is 5. The van der Waals surface area contributed by atoms with Crippen molar-refractivity contribution in [3.63, 3.8) is 0 Å². The van der Waals surface area contributed by atoms with Gasteiger partial charge in [-0.25, -0.2) is 0 Å². The normalized spacial score (nSPS) is 26.7. The number of carbonyl (C=O) groups excluding carboxylic acids is 3. The maximum atomic E-state index is 12.5. The van der Waals surface area contributed by atoms with Gasteiger partial charge in [0.2, 0.25) is 17.7 Å². The van der Waals surface area contributed by atoms with Gasteiger partial charge in [0.1, 0.15) is 0 Å². The Morgan fingerprint density at radius 2 is 1.84 bits per heavy atom. The number of likely N-dealkylation sites (tertiary alicyclic amines) is 1. The summed E-state index contributed by atoms with van der Waals surface area (Å²) in [5.74, 6) is -0.592. The molecule has 2 saturated heterocycles. The maximum Gasteiger partial charge on any atom is 0.233 e. The van der Waals surface area contributed by atoms with Crippen LogP contribution in [0.25, 0.3) is 0 Å². The number of carbonyl (C=O) groups is 3. The van der Waals surface area contributed by atoms with Crippen LogP contribution >= 0.6 is 0 Å². The molecule has 1 saturated carbocycles. The Kier molecular flexibility index (Phi) is 7.02. The molecule has 3 fully saturated rings. The average molecular weight is 428 g/mol. The van der Waals surface area contributed by atoms with E-state index in [4.69, 9.17) is 4.74 Å². The lowest BCUT2D eigenvalue weighted by molar-refractivity contribution is -0.140. The van der Waals surface area contributed by atoms with E-state index < -0.39 is 0 Å². The molecule has 3 atom stereocenters. The van der Waals surface area contributed by atoms with Crippen molar-refractivity contribution in [1.82, 2.24) is 15.1 Å². The molecule has 31 heavy (non-hydrogen) atoms. The second-order valence-electron chi connectivity index (χ2n) is 9.09. The second kappa shape index (κ2) is 9.92. The highest BCUT2D eigenvalue weighted by molar-refractivity contribution is 6.05. The van der Waals surface area contributed by atoms with Crippen LogP contribution in [-0.2, 0) is 32.2 Å². The van der Waals surface area contributed by atoms with Crippen LogP contribution in [0.15, 0.2) is 24.3 Å². The molecular formula is C24H33N3O4. The molecule has 2 aliphatic heterocycles. The van der Waals surface area contributed by atoms with E-state index in [-0.39, 0.29) is 48.6 Å². The highest BCUT2D eigenvalue weighted by Gasteiger charge is 2.47. The minimum Gasteiger partial charge on any atom is -0.376 e. The summed E-state index contributed by atoms with van der Waals surface area (Å²) in [6.45, 7) is 6.22. The highest BCUT2D eigenvalue weighted by atomic mass is 16.5. The Morgan fingerprint density at radius 1 is 1.13 bits per heavy atom. The lowest BCUT2D eigenvalue weighted by Gasteiger charge is -2.31. The number of rotatable bonds is 7. The lowest BCUT2D eigenvalue weighted by Crippen LogP contribution is -2.40. The Bertz CT molecular complexity index is 803. The molecule has 168 valence electrons. The number of ether oxygens (including phenoxy) is 1. The first kappa shape index (κ1) is 22.0. The summed E-state index contributed by atoms with van der Waals surface area (Å²) < 4.78 is 5.60. The van der Waals surface area contributed by atoms with E-state index in [9.17, 15) is 14.4 Å². The van der Waals surface area contributed by atoms with E-state index >= 15 is 0 Å². The highest BCUT2D eigenvalue weighted by Crippen LogP contribution is 2.37. The molecule has 7 heteroatoms. The fourth-order valence-corrected chi connectivity index (χ4v) is 5.08. The quantitative estimate of drug-likeness (QED) is 0.674. The first-order chi connectivity index (χ1) is 15.0. The molecule has 1 aromatic rings. The van der Waals surface area contributed by atoms with Crippen molar-refractivity contribution in [1.29, 1.82) is 0 Å². The molecule has 0 radical (unpaired) electrons. The van der Waals surface area contributed by atoms with Gasteiger partial charge in [-0.3, -0.25) is 24.2 Å². The predicted molar refractivity (Wildman–Crippen MR) is 116 cm³/mol. The van der Waals surface area contributed by atoms with E-state index in [1.165, 1.54) is 10.5 Å². The molecule has 1 aromatic carbocycles. The molecule has 7 nitrogen and oxygen atoms in total. The predicted octanol–water partition coefficient (Wildman–Crippen LogP) is 2.09. The van der Waals surface area contributed by atoms with E-state index in [0.29, 0.717) is 6.54 Å². The molecule has 3 amide bonds. The van der Waals surface area contributed by atoms with Gasteiger partial charge in [0.25, 0.3) is 0 Å². The van der Waals surface area contributed by atoms with Crippen molar-refractivity contribution in [2.45, 2.75) is 58.2 Å². The Hall–Kier alpha value is -2.25. The van der Waals surface area contributed by atoms with Crippen molar-refractivity contribution < 1.29 is 19.1 Å². The molecule has 0 aromatic heterocycles. The van der Waals surface area contributed by atoms with Crippen LogP contribution in [0.1, 0.15) is 50.2 Å².